The molecule has 0 bridgehead atoms. The van der Waals surface area contributed by atoms with Gasteiger partial charge in [0.05, 0.1) is 0 Å². The van der Waals surface area contributed by atoms with Gasteiger partial charge in [-0.05, 0) is 39.0 Å². The molecule has 13 heavy (non-hydrogen) atoms. The van der Waals surface area contributed by atoms with E-state index in [4.69, 9.17) is 0 Å². The number of rotatable bonds is 4. The molecule has 0 spiro atoms. The molecule has 0 unspecified atom stereocenters. The van der Waals surface area contributed by atoms with Gasteiger partial charge >= 0.3 is 0 Å². The summed E-state index contributed by atoms with van der Waals surface area (Å²) in [6.45, 7) is 13.3. The van der Waals surface area contributed by atoms with Crippen LogP contribution in [0, 0.1) is 5.41 Å². The minimum Gasteiger partial charge on any atom is -0.0859 e. The second-order valence-corrected chi connectivity index (χ2v) is 4.85. The molecule has 0 aromatic carbocycles. The number of hydrogen-bond donors (Lipinski definition) is 0. The lowest BCUT2D eigenvalue weighted by Crippen LogP contribution is -2.08. The summed E-state index contributed by atoms with van der Waals surface area (Å²) in [5.41, 5.74) is 3.23. The highest BCUT2D eigenvalue weighted by atomic mass is 14.2. The number of hydrogen-bond acceptors (Lipinski definition) is 0. The van der Waals surface area contributed by atoms with Crippen LogP contribution in [0.3, 0.4) is 0 Å². The van der Waals surface area contributed by atoms with Gasteiger partial charge < -0.3 is 0 Å². The fraction of sp³-hybridized carbons (Fsp3) is 0.692. The zero-order valence-corrected chi connectivity index (χ0v) is 10.1. The lowest BCUT2D eigenvalue weighted by molar-refractivity contribution is 0.471. The predicted molar refractivity (Wildman–Crippen MR) is 61.9 cm³/mol. The van der Waals surface area contributed by atoms with Crippen LogP contribution in [-0.4, -0.2) is 0 Å². The zero-order valence-electron chi connectivity index (χ0n) is 10.1. The monoisotopic (exact) mass is 180 g/mol. The summed E-state index contributed by atoms with van der Waals surface area (Å²) >= 11 is 0. The van der Waals surface area contributed by atoms with Crippen LogP contribution >= 0.6 is 0 Å². The van der Waals surface area contributed by atoms with Crippen molar-refractivity contribution in [3.63, 3.8) is 0 Å². The molecule has 0 rings (SSSR count). The second-order valence-electron chi connectivity index (χ2n) is 4.85. The summed E-state index contributed by atoms with van der Waals surface area (Å²) < 4.78 is 0. The first-order valence-corrected chi connectivity index (χ1v) is 5.19. The first kappa shape index (κ1) is 12.5. The van der Waals surface area contributed by atoms with Gasteiger partial charge in [-0.3, -0.25) is 0 Å². The molecule has 0 saturated heterocycles. The first-order chi connectivity index (χ1) is 5.87. The molecule has 0 nitrogen and oxygen atoms in total. The van der Waals surface area contributed by atoms with Crippen LogP contribution in [0.5, 0.6) is 0 Å². The van der Waals surface area contributed by atoms with Crippen LogP contribution in [-0.2, 0) is 0 Å². The topological polar surface area (TPSA) is 0 Å². The van der Waals surface area contributed by atoms with Crippen LogP contribution in [0.1, 0.15) is 54.4 Å². The van der Waals surface area contributed by atoms with E-state index in [0.717, 1.165) is 6.42 Å². The normalized spacial score (nSPS) is 12.9. The quantitative estimate of drug-likeness (QED) is 0.549. The Labute approximate surface area is 83.7 Å². The maximum Gasteiger partial charge on any atom is -0.0135 e. The van der Waals surface area contributed by atoms with Gasteiger partial charge in [0.25, 0.3) is 0 Å². The summed E-state index contributed by atoms with van der Waals surface area (Å²) in [7, 11) is 0. The van der Waals surface area contributed by atoms with Crippen molar-refractivity contribution >= 4 is 0 Å². The molecular weight excluding hydrogens is 156 g/mol. The average Bonchev–Trinajstić information content (AvgIpc) is 1.81. The molecule has 0 aromatic rings. The van der Waals surface area contributed by atoms with Gasteiger partial charge in [-0.15, -0.1) is 0 Å². The molecule has 0 amide bonds. The summed E-state index contributed by atoms with van der Waals surface area (Å²) in [6, 6.07) is 0. The van der Waals surface area contributed by atoms with Gasteiger partial charge in [0, 0.05) is 0 Å². The van der Waals surface area contributed by atoms with E-state index >= 15 is 0 Å². The van der Waals surface area contributed by atoms with E-state index in [1.807, 2.05) is 0 Å². The van der Waals surface area contributed by atoms with Crippen molar-refractivity contribution in [2.45, 2.75) is 54.4 Å². The third-order valence-electron chi connectivity index (χ3n) is 1.97. The Morgan fingerprint density at radius 3 is 2.08 bits per heavy atom. The van der Waals surface area contributed by atoms with Crippen molar-refractivity contribution in [1.82, 2.24) is 0 Å². The lowest BCUT2D eigenvalue weighted by atomic mass is 9.84. The fourth-order valence-corrected chi connectivity index (χ4v) is 1.97. The molecule has 0 fully saturated rings. The highest BCUT2D eigenvalue weighted by Gasteiger charge is 2.14. The summed E-state index contributed by atoms with van der Waals surface area (Å²) in [6.07, 6.45) is 7.00. The van der Waals surface area contributed by atoms with E-state index < -0.39 is 0 Å². The Hall–Kier alpha value is -0.520. The van der Waals surface area contributed by atoms with Crippen molar-refractivity contribution in [3.8, 4) is 0 Å². The molecule has 0 saturated carbocycles. The average molecular weight is 180 g/mol. The summed E-state index contributed by atoms with van der Waals surface area (Å²) in [4.78, 5) is 0. The Bertz CT molecular complexity index is 200. The Balaban J connectivity index is 4.33. The van der Waals surface area contributed by atoms with Gasteiger partial charge in [0.2, 0.25) is 0 Å². The van der Waals surface area contributed by atoms with Crippen molar-refractivity contribution in [3.05, 3.63) is 23.3 Å². The largest absolute Gasteiger partial charge is 0.0859 e. The summed E-state index contributed by atoms with van der Waals surface area (Å²) in [5.74, 6) is 0. The molecule has 0 aliphatic heterocycles. The van der Waals surface area contributed by atoms with E-state index in [9.17, 15) is 0 Å². The van der Waals surface area contributed by atoms with E-state index in [2.05, 4.69) is 53.7 Å². The SMILES string of the molecule is CC/C=C(\C)CC(C)(C)C=C(C)C. The van der Waals surface area contributed by atoms with Crippen molar-refractivity contribution < 1.29 is 0 Å². The second kappa shape index (κ2) is 5.26. The summed E-state index contributed by atoms with van der Waals surface area (Å²) in [5, 5.41) is 0. The van der Waals surface area contributed by atoms with Crippen LogP contribution < -0.4 is 0 Å². The number of allylic oxidation sites excluding steroid dienone is 4. The van der Waals surface area contributed by atoms with Gasteiger partial charge in [-0.2, -0.15) is 0 Å². The molecule has 0 aromatic heterocycles. The van der Waals surface area contributed by atoms with E-state index in [-0.39, 0.29) is 0 Å². The fourth-order valence-electron chi connectivity index (χ4n) is 1.97. The van der Waals surface area contributed by atoms with Crippen molar-refractivity contribution in [1.29, 1.82) is 0 Å². The van der Waals surface area contributed by atoms with Gasteiger partial charge in [0.1, 0.15) is 0 Å². The first-order valence-electron chi connectivity index (χ1n) is 5.19. The standard InChI is InChI=1S/C13H24/c1-7-8-12(4)10-13(5,6)9-11(2)3/h8-9H,7,10H2,1-6H3/b12-8+. The van der Waals surface area contributed by atoms with Crippen LogP contribution in [0.25, 0.3) is 0 Å². The highest BCUT2D eigenvalue weighted by molar-refractivity contribution is 5.09. The van der Waals surface area contributed by atoms with Crippen LogP contribution in [0.2, 0.25) is 0 Å². The molecular formula is C13H24. The van der Waals surface area contributed by atoms with Crippen molar-refractivity contribution in [2.75, 3.05) is 0 Å². The maximum absolute atomic E-state index is 2.36. The zero-order chi connectivity index (χ0) is 10.5. The Morgan fingerprint density at radius 1 is 1.15 bits per heavy atom. The van der Waals surface area contributed by atoms with Gasteiger partial charge in [0.15, 0.2) is 0 Å². The molecule has 0 heteroatoms. The highest BCUT2D eigenvalue weighted by Crippen LogP contribution is 2.27. The molecule has 0 aliphatic rings. The predicted octanol–water partition coefficient (Wildman–Crippen LogP) is 4.73. The molecule has 0 N–H and O–H groups in total. The third-order valence-corrected chi connectivity index (χ3v) is 1.97. The van der Waals surface area contributed by atoms with E-state index in [1.165, 1.54) is 17.6 Å². The van der Waals surface area contributed by atoms with Crippen LogP contribution in [0.4, 0.5) is 0 Å². The molecule has 0 atom stereocenters. The maximum atomic E-state index is 2.36. The smallest absolute Gasteiger partial charge is 0.0135 e. The third kappa shape index (κ3) is 6.62. The lowest BCUT2D eigenvalue weighted by Gasteiger charge is -2.21. The van der Waals surface area contributed by atoms with E-state index in [1.54, 1.807) is 0 Å². The van der Waals surface area contributed by atoms with Gasteiger partial charge in [-0.1, -0.05) is 44.1 Å². The van der Waals surface area contributed by atoms with E-state index in [0.29, 0.717) is 5.41 Å². The Morgan fingerprint density at radius 2 is 1.69 bits per heavy atom. The minimum absolute atomic E-state index is 0.314. The van der Waals surface area contributed by atoms with Crippen molar-refractivity contribution in [2.24, 2.45) is 5.41 Å². The van der Waals surface area contributed by atoms with Gasteiger partial charge in [-0.25, -0.2) is 0 Å². The van der Waals surface area contributed by atoms with Crippen LogP contribution in [0.15, 0.2) is 23.3 Å². The molecule has 0 radical (unpaired) electrons. The molecule has 0 aliphatic carbocycles. The minimum atomic E-state index is 0.314. The Kier molecular flexibility index (Phi) is 5.05. The molecule has 0 heterocycles. The molecule has 76 valence electrons.